The Morgan fingerprint density at radius 1 is 1.35 bits per heavy atom. The zero-order chi connectivity index (χ0) is 12.3. The molecule has 94 valence electrons. The molecule has 1 unspecified atom stereocenters. The molecule has 0 spiro atoms. The quantitative estimate of drug-likeness (QED) is 0.827. The first kappa shape index (κ1) is 13.2. The van der Waals surface area contributed by atoms with Crippen molar-refractivity contribution in [1.82, 2.24) is 0 Å². The average Bonchev–Trinajstić information content (AvgIpc) is 2.74. The summed E-state index contributed by atoms with van der Waals surface area (Å²) >= 11 is 6.89. The highest BCUT2D eigenvalue weighted by molar-refractivity contribution is 9.11. The van der Waals surface area contributed by atoms with Gasteiger partial charge in [0.15, 0.2) is 0 Å². The molecule has 1 atom stereocenters. The van der Waals surface area contributed by atoms with E-state index in [2.05, 4.69) is 31.9 Å². The van der Waals surface area contributed by atoms with Crippen LogP contribution in [0.15, 0.2) is 21.1 Å². The maximum absolute atomic E-state index is 5.76. The highest BCUT2D eigenvalue weighted by Gasteiger charge is 2.16. The van der Waals surface area contributed by atoms with E-state index in [0.29, 0.717) is 18.4 Å². The van der Waals surface area contributed by atoms with Gasteiger partial charge in [-0.25, -0.2) is 0 Å². The molecule has 0 aromatic heterocycles. The normalized spacial score (nSPS) is 19.5. The van der Waals surface area contributed by atoms with Crippen LogP contribution < -0.4 is 10.5 Å². The molecule has 0 bridgehead atoms. The largest absolute Gasteiger partial charge is 0.491 e. The monoisotopic (exact) mass is 363 g/mol. The Labute approximate surface area is 118 Å². The molecule has 0 radical (unpaired) electrons. The second-order valence-electron chi connectivity index (χ2n) is 4.09. The van der Waals surface area contributed by atoms with E-state index in [-0.39, 0.29) is 0 Å². The Balaban J connectivity index is 1.89. The zero-order valence-corrected chi connectivity index (χ0v) is 12.6. The highest BCUT2D eigenvalue weighted by atomic mass is 79.9. The van der Waals surface area contributed by atoms with Crippen LogP contribution in [0, 0.1) is 0 Å². The lowest BCUT2D eigenvalue weighted by molar-refractivity contribution is 0.0901. The van der Waals surface area contributed by atoms with Crippen LogP contribution >= 0.6 is 31.9 Å². The van der Waals surface area contributed by atoms with Crippen LogP contribution in [0.3, 0.4) is 0 Å². The topological polar surface area (TPSA) is 44.5 Å². The van der Waals surface area contributed by atoms with Gasteiger partial charge < -0.3 is 15.2 Å². The van der Waals surface area contributed by atoms with E-state index in [1.165, 1.54) is 6.42 Å². The first-order valence-corrected chi connectivity index (χ1v) is 7.24. The standard InChI is InChI=1S/C12H15Br2NO2/c13-10-6-8(15)7-11(14)12(10)17-5-3-9-2-1-4-16-9/h6-7,9H,1-5,15H2. The van der Waals surface area contributed by atoms with Crippen LogP contribution in [0.5, 0.6) is 5.75 Å². The number of nitrogens with two attached hydrogens (primary N) is 1. The molecule has 17 heavy (non-hydrogen) atoms. The Kier molecular flexibility index (Phi) is 4.70. The second kappa shape index (κ2) is 6.07. The molecule has 1 aliphatic rings. The van der Waals surface area contributed by atoms with Gasteiger partial charge in [-0.3, -0.25) is 0 Å². The van der Waals surface area contributed by atoms with Gasteiger partial charge in [0.2, 0.25) is 0 Å². The fourth-order valence-electron chi connectivity index (χ4n) is 1.88. The summed E-state index contributed by atoms with van der Waals surface area (Å²) in [5, 5.41) is 0. The lowest BCUT2D eigenvalue weighted by atomic mass is 10.2. The Morgan fingerprint density at radius 3 is 2.65 bits per heavy atom. The number of hydrogen-bond acceptors (Lipinski definition) is 3. The molecule has 1 aromatic rings. The van der Waals surface area contributed by atoms with E-state index in [9.17, 15) is 0 Å². The van der Waals surface area contributed by atoms with E-state index in [0.717, 1.165) is 34.1 Å². The molecule has 1 aliphatic heterocycles. The number of nitrogen functional groups attached to an aromatic ring is 1. The molecule has 2 N–H and O–H groups in total. The van der Waals surface area contributed by atoms with Crippen molar-refractivity contribution in [3.8, 4) is 5.75 Å². The lowest BCUT2D eigenvalue weighted by Gasteiger charge is -2.13. The lowest BCUT2D eigenvalue weighted by Crippen LogP contribution is -2.11. The van der Waals surface area contributed by atoms with Gasteiger partial charge in [-0.1, -0.05) is 0 Å². The first-order chi connectivity index (χ1) is 8.16. The third-order valence-corrected chi connectivity index (χ3v) is 3.91. The number of hydrogen-bond donors (Lipinski definition) is 1. The van der Waals surface area contributed by atoms with Crippen molar-refractivity contribution >= 4 is 37.5 Å². The summed E-state index contributed by atoms with van der Waals surface area (Å²) in [7, 11) is 0. The highest BCUT2D eigenvalue weighted by Crippen LogP contribution is 2.35. The predicted octanol–water partition coefficient (Wildman–Crippen LogP) is 3.74. The fourth-order valence-corrected chi connectivity index (χ4v) is 3.33. The molecule has 0 amide bonds. The molecule has 0 saturated carbocycles. The number of rotatable bonds is 4. The molecule has 5 heteroatoms. The van der Waals surface area contributed by atoms with Gasteiger partial charge in [0.05, 0.1) is 21.7 Å². The van der Waals surface area contributed by atoms with Gasteiger partial charge >= 0.3 is 0 Å². The smallest absolute Gasteiger partial charge is 0.147 e. The molecule has 2 rings (SSSR count). The van der Waals surface area contributed by atoms with Crippen LogP contribution in [0.25, 0.3) is 0 Å². The minimum Gasteiger partial charge on any atom is -0.491 e. The van der Waals surface area contributed by atoms with Crippen molar-refractivity contribution in [3.63, 3.8) is 0 Å². The van der Waals surface area contributed by atoms with Crippen molar-refractivity contribution in [2.75, 3.05) is 18.9 Å². The van der Waals surface area contributed by atoms with Crippen LogP contribution in [-0.2, 0) is 4.74 Å². The number of anilines is 1. The molecule has 1 heterocycles. The minimum atomic E-state index is 0.362. The SMILES string of the molecule is Nc1cc(Br)c(OCCC2CCCO2)c(Br)c1. The van der Waals surface area contributed by atoms with Crippen LogP contribution in [0.2, 0.25) is 0 Å². The van der Waals surface area contributed by atoms with Gasteiger partial charge in [0.1, 0.15) is 5.75 Å². The summed E-state index contributed by atoms with van der Waals surface area (Å²) in [6, 6.07) is 3.68. The summed E-state index contributed by atoms with van der Waals surface area (Å²) in [6.07, 6.45) is 3.61. The molecular weight excluding hydrogens is 350 g/mol. The summed E-state index contributed by atoms with van der Waals surface area (Å²) in [5.74, 6) is 0.803. The van der Waals surface area contributed by atoms with Gasteiger partial charge in [-0.05, 0) is 56.8 Å². The van der Waals surface area contributed by atoms with Gasteiger partial charge in [-0.2, -0.15) is 0 Å². The van der Waals surface area contributed by atoms with E-state index < -0.39 is 0 Å². The first-order valence-electron chi connectivity index (χ1n) is 5.66. The zero-order valence-electron chi connectivity index (χ0n) is 9.42. The van der Waals surface area contributed by atoms with Crippen LogP contribution in [-0.4, -0.2) is 19.3 Å². The molecule has 0 aliphatic carbocycles. The fraction of sp³-hybridized carbons (Fsp3) is 0.500. The summed E-state index contributed by atoms with van der Waals surface area (Å²) in [4.78, 5) is 0. The molecule has 3 nitrogen and oxygen atoms in total. The van der Waals surface area contributed by atoms with Gasteiger partial charge in [0, 0.05) is 18.7 Å². The molecule has 1 fully saturated rings. The van der Waals surface area contributed by atoms with Crippen LogP contribution in [0.4, 0.5) is 5.69 Å². The third-order valence-electron chi connectivity index (χ3n) is 2.73. The molecular formula is C12H15Br2NO2. The summed E-state index contributed by atoms with van der Waals surface area (Å²) in [6.45, 7) is 1.55. The summed E-state index contributed by atoms with van der Waals surface area (Å²) < 4.78 is 13.0. The minimum absolute atomic E-state index is 0.362. The van der Waals surface area contributed by atoms with Gasteiger partial charge in [0.25, 0.3) is 0 Å². The Morgan fingerprint density at radius 2 is 2.06 bits per heavy atom. The Hall–Kier alpha value is -0.260. The Bertz CT molecular complexity index is 369. The summed E-state index contributed by atoms with van der Waals surface area (Å²) in [5.41, 5.74) is 6.42. The van der Waals surface area contributed by atoms with Crippen molar-refractivity contribution in [1.29, 1.82) is 0 Å². The number of benzene rings is 1. The van der Waals surface area contributed by atoms with E-state index in [1.54, 1.807) is 0 Å². The van der Waals surface area contributed by atoms with Crippen molar-refractivity contribution in [2.45, 2.75) is 25.4 Å². The average molecular weight is 365 g/mol. The number of ether oxygens (including phenoxy) is 2. The van der Waals surface area contributed by atoms with Crippen molar-refractivity contribution < 1.29 is 9.47 Å². The second-order valence-corrected chi connectivity index (χ2v) is 5.79. The van der Waals surface area contributed by atoms with Crippen molar-refractivity contribution in [2.24, 2.45) is 0 Å². The molecule has 1 aromatic carbocycles. The maximum atomic E-state index is 5.76. The van der Waals surface area contributed by atoms with E-state index >= 15 is 0 Å². The maximum Gasteiger partial charge on any atom is 0.147 e. The number of halogens is 2. The van der Waals surface area contributed by atoms with Crippen LogP contribution in [0.1, 0.15) is 19.3 Å². The van der Waals surface area contributed by atoms with E-state index in [1.807, 2.05) is 12.1 Å². The van der Waals surface area contributed by atoms with Crippen molar-refractivity contribution in [3.05, 3.63) is 21.1 Å². The molecule has 1 saturated heterocycles. The van der Waals surface area contributed by atoms with E-state index in [4.69, 9.17) is 15.2 Å². The third kappa shape index (κ3) is 3.60. The predicted molar refractivity (Wildman–Crippen MR) is 75.3 cm³/mol. The van der Waals surface area contributed by atoms with Gasteiger partial charge in [-0.15, -0.1) is 0 Å².